The minimum atomic E-state index is -0.144. The van der Waals surface area contributed by atoms with E-state index in [2.05, 4.69) is 30.4 Å². The summed E-state index contributed by atoms with van der Waals surface area (Å²) < 4.78 is 5.16. The molecule has 1 rings (SSSR count). The second-order valence-electron chi connectivity index (χ2n) is 4.27. The average Bonchev–Trinajstić information content (AvgIpc) is 2.29. The molecule has 0 bridgehead atoms. The maximum atomic E-state index is 11.1. The van der Waals surface area contributed by atoms with Gasteiger partial charge in [0.2, 0.25) is 0 Å². The molecular formula is C14H21NO2. The maximum Gasteiger partial charge on any atom is 0.305 e. The lowest BCUT2D eigenvalue weighted by atomic mass is 10.1. The van der Waals surface area contributed by atoms with Crippen LogP contribution in [-0.2, 0) is 16.1 Å². The number of hydrogen-bond acceptors (Lipinski definition) is 3. The van der Waals surface area contributed by atoms with E-state index in [0.717, 1.165) is 6.54 Å². The quantitative estimate of drug-likeness (QED) is 0.770. The van der Waals surface area contributed by atoms with Gasteiger partial charge < -0.3 is 10.1 Å². The summed E-state index contributed by atoms with van der Waals surface area (Å²) in [7, 11) is 0. The van der Waals surface area contributed by atoms with Gasteiger partial charge in [0.05, 0.1) is 0 Å². The second-order valence-corrected chi connectivity index (χ2v) is 4.27. The first-order chi connectivity index (χ1) is 8.11. The summed E-state index contributed by atoms with van der Waals surface area (Å²) in [6.07, 6.45) is 0.356. The third-order valence-electron chi connectivity index (χ3n) is 2.46. The van der Waals surface area contributed by atoms with Gasteiger partial charge in [-0.3, -0.25) is 4.79 Å². The van der Waals surface area contributed by atoms with Crippen LogP contribution in [0.5, 0.6) is 0 Å². The summed E-state index contributed by atoms with van der Waals surface area (Å²) in [5, 5.41) is 3.28. The largest absolute Gasteiger partial charge is 0.461 e. The fraction of sp³-hybridized carbons (Fsp3) is 0.500. The highest BCUT2D eigenvalue weighted by Crippen LogP contribution is 2.03. The number of carbonyl (C=O) groups is 1. The van der Waals surface area contributed by atoms with E-state index in [9.17, 15) is 4.79 Å². The van der Waals surface area contributed by atoms with Crippen LogP contribution >= 0.6 is 0 Å². The third kappa shape index (κ3) is 5.50. The van der Waals surface area contributed by atoms with Crippen molar-refractivity contribution in [3.05, 3.63) is 35.4 Å². The molecule has 0 spiro atoms. The Labute approximate surface area is 103 Å². The monoisotopic (exact) mass is 235 g/mol. The SMILES string of the molecule is CCC(=O)OC(C)CNCc1cccc(C)c1. The van der Waals surface area contributed by atoms with Crippen molar-refractivity contribution in [3.63, 3.8) is 0 Å². The number of esters is 1. The number of nitrogens with one attached hydrogen (secondary N) is 1. The van der Waals surface area contributed by atoms with Gasteiger partial charge in [0.25, 0.3) is 0 Å². The van der Waals surface area contributed by atoms with Crippen LogP contribution in [0.3, 0.4) is 0 Å². The average molecular weight is 235 g/mol. The molecule has 0 saturated carbocycles. The highest BCUT2D eigenvalue weighted by Gasteiger charge is 2.06. The van der Waals surface area contributed by atoms with Crippen LogP contribution in [0.4, 0.5) is 0 Å². The third-order valence-corrected chi connectivity index (χ3v) is 2.46. The van der Waals surface area contributed by atoms with Crippen LogP contribution in [0.1, 0.15) is 31.4 Å². The fourth-order valence-corrected chi connectivity index (χ4v) is 1.59. The molecule has 0 radical (unpaired) electrons. The number of aryl methyl sites for hydroxylation is 1. The van der Waals surface area contributed by atoms with E-state index in [1.165, 1.54) is 11.1 Å². The standard InChI is InChI=1S/C14H21NO2/c1-4-14(16)17-12(3)9-15-10-13-7-5-6-11(2)8-13/h5-8,12,15H,4,9-10H2,1-3H3. The number of carbonyl (C=O) groups excluding carboxylic acids is 1. The molecule has 0 heterocycles. The lowest BCUT2D eigenvalue weighted by Crippen LogP contribution is -2.28. The van der Waals surface area contributed by atoms with E-state index in [0.29, 0.717) is 13.0 Å². The normalized spacial score (nSPS) is 12.2. The maximum absolute atomic E-state index is 11.1. The van der Waals surface area contributed by atoms with Crippen molar-refractivity contribution in [2.24, 2.45) is 0 Å². The lowest BCUT2D eigenvalue weighted by Gasteiger charge is -2.13. The molecule has 1 N–H and O–H groups in total. The molecule has 3 nitrogen and oxygen atoms in total. The molecule has 0 amide bonds. The Balaban J connectivity index is 2.25. The Morgan fingerprint density at radius 2 is 2.24 bits per heavy atom. The Morgan fingerprint density at radius 3 is 2.88 bits per heavy atom. The molecule has 17 heavy (non-hydrogen) atoms. The topological polar surface area (TPSA) is 38.3 Å². The molecule has 0 aliphatic carbocycles. The van der Waals surface area contributed by atoms with Crippen molar-refractivity contribution >= 4 is 5.97 Å². The molecule has 1 aromatic carbocycles. The van der Waals surface area contributed by atoms with Crippen LogP contribution in [-0.4, -0.2) is 18.6 Å². The summed E-state index contributed by atoms with van der Waals surface area (Å²) in [5.74, 6) is -0.144. The van der Waals surface area contributed by atoms with Crippen LogP contribution in [0.25, 0.3) is 0 Å². The Kier molecular flexibility index (Phi) is 5.70. The summed E-state index contributed by atoms with van der Waals surface area (Å²) in [4.78, 5) is 11.1. The molecule has 3 heteroatoms. The molecule has 0 aliphatic rings. The van der Waals surface area contributed by atoms with Gasteiger partial charge in [-0.05, 0) is 19.4 Å². The predicted octanol–water partition coefficient (Wildman–Crippen LogP) is 2.43. The van der Waals surface area contributed by atoms with Crippen LogP contribution in [0.2, 0.25) is 0 Å². The van der Waals surface area contributed by atoms with Crippen LogP contribution in [0.15, 0.2) is 24.3 Å². The summed E-state index contributed by atoms with van der Waals surface area (Å²) in [5.41, 5.74) is 2.51. The van der Waals surface area contributed by atoms with E-state index >= 15 is 0 Å². The second kappa shape index (κ2) is 7.07. The Hall–Kier alpha value is -1.35. The first kappa shape index (κ1) is 13.7. The Bertz CT molecular complexity index is 363. The molecule has 1 atom stereocenters. The molecule has 0 aromatic heterocycles. The first-order valence-electron chi connectivity index (χ1n) is 6.07. The summed E-state index contributed by atoms with van der Waals surface area (Å²) in [6.45, 7) is 7.26. The number of ether oxygens (including phenoxy) is 1. The van der Waals surface area contributed by atoms with Gasteiger partial charge in [-0.25, -0.2) is 0 Å². The minimum Gasteiger partial charge on any atom is -0.461 e. The molecule has 0 saturated heterocycles. The van der Waals surface area contributed by atoms with Gasteiger partial charge in [0, 0.05) is 19.5 Å². The first-order valence-corrected chi connectivity index (χ1v) is 6.07. The van der Waals surface area contributed by atoms with Gasteiger partial charge in [-0.2, -0.15) is 0 Å². The van der Waals surface area contributed by atoms with Crippen LogP contribution < -0.4 is 5.32 Å². The van der Waals surface area contributed by atoms with Crippen molar-refractivity contribution in [2.75, 3.05) is 6.54 Å². The van der Waals surface area contributed by atoms with Gasteiger partial charge in [-0.15, -0.1) is 0 Å². The molecule has 0 fully saturated rings. The van der Waals surface area contributed by atoms with E-state index in [1.54, 1.807) is 6.92 Å². The van der Waals surface area contributed by atoms with Gasteiger partial charge in [-0.1, -0.05) is 36.8 Å². The number of rotatable bonds is 6. The zero-order valence-corrected chi connectivity index (χ0v) is 10.8. The van der Waals surface area contributed by atoms with Gasteiger partial charge in [0.1, 0.15) is 6.10 Å². The fourth-order valence-electron chi connectivity index (χ4n) is 1.59. The van der Waals surface area contributed by atoms with Gasteiger partial charge in [0.15, 0.2) is 0 Å². The van der Waals surface area contributed by atoms with Crippen LogP contribution in [0, 0.1) is 6.92 Å². The van der Waals surface area contributed by atoms with Crippen molar-refractivity contribution in [3.8, 4) is 0 Å². The van der Waals surface area contributed by atoms with E-state index < -0.39 is 0 Å². The number of benzene rings is 1. The summed E-state index contributed by atoms with van der Waals surface area (Å²) >= 11 is 0. The van der Waals surface area contributed by atoms with Crippen molar-refractivity contribution in [1.29, 1.82) is 0 Å². The lowest BCUT2D eigenvalue weighted by molar-refractivity contribution is -0.147. The van der Waals surface area contributed by atoms with E-state index in [-0.39, 0.29) is 12.1 Å². The van der Waals surface area contributed by atoms with Gasteiger partial charge >= 0.3 is 5.97 Å². The van der Waals surface area contributed by atoms with Crippen molar-refractivity contribution in [1.82, 2.24) is 5.32 Å². The highest BCUT2D eigenvalue weighted by atomic mass is 16.5. The molecule has 1 unspecified atom stereocenters. The van der Waals surface area contributed by atoms with E-state index in [4.69, 9.17) is 4.74 Å². The minimum absolute atomic E-state index is 0.0766. The Morgan fingerprint density at radius 1 is 1.47 bits per heavy atom. The van der Waals surface area contributed by atoms with Crippen molar-refractivity contribution in [2.45, 2.75) is 39.8 Å². The smallest absolute Gasteiger partial charge is 0.305 e. The molecule has 1 aromatic rings. The predicted molar refractivity (Wildman–Crippen MR) is 68.7 cm³/mol. The van der Waals surface area contributed by atoms with E-state index in [1.807, 2.05) is 13.0 Å². The molecular weight excluding hydrogens is 214 g/mol. The highest BCUT2D eigenvalue weighted by molar-refractivity contribution is 5.69. The number of hydrogen-bond donors (Lipinski definition) is 1. The zero-order valence-electron chi connectivity index (χ0n) is 10.8. The zero-order chi connectivity index (χ0) is 12.7. The molecule has 0 aliphatic heterocycles. The molecule has 94 valence electrons. The summed E-state index contributed by atoms with van der Waals surface area (Å²) in [6, 6.07) is 8.36. The van der Waals surface area contributed by atoms with Crippen molar-refractivity contribution < 1.29 is 9.53 Å².